The second-order valence-corrected chi connectivity index (χ2v) is 6.71. The monoisotopic (exact) mass is 290 g/mol. The smallest absolute Gasteiger partial charge is 0.239 e. The van der Waals surface area contributed by atoms with E-state index in [1.165, 1.54) is 5.56 Å². The Kier molecular flexibility index (Phi) is 4.83. The summed E-state index contributed by atoms with van der Waals surface area (Å²) in [6.45, 7) is 11.3. The predicted molar refractivity (Wildman–Crippen MR) is 85.4 cm³/mol. The van der Waals surface area contributed by atoms with Crippen LogP contribution in [0.3, 0.4) is 0 Å². The topological polar surface area (TPSA) is 57.3 Å². The minimum atomic E-state index is 0.0761. The summed E-state index contributed by atoms with van der Waals surface area (Å²) in [6, 6.07) is 2.16. The molecule has 1 aliphatic rings. The van der Waals surface area contributed by atoms with E-state index in [1.807, 2.05) is 6.20 Å². The van der Waals surface area contributed by atoms with E-state index in [2.05, 4.69) is 54.3 Å². The number of aromatic nitrogens is 1. The Labute approximate surface area is 127 Å². The summed E-state index contributed by atoms with van der Waals surface area (Å²) >= 11 is 0. The molecule has 2 heterocycles. The second-order valence-electron chi connectivity index (χ2n) is 6.71. The molecule has 1 fully saturated rings. The van der Waals surface area contributed by atoms with Gasteiger partial charge in [-0.05, 0) is 51.3 Å². The van der Waals surface area contributed by atoms with Crippen LogP contribution in [-0.2, 0) is 11.3 Å². The third-order valence-electron chi connectivity index (χ3n) is 3.49. The van der Waals surface area contributed by atoms with Crippen LogP contribution in [0.15, 0.2) is 12.3 Å². The van der Waals surface area contributed by atoms with Gasteiger partial charge < -0.3 is 15.5 Å². The molecule has 0 spiro atoms. The highest BCUT2D eigenvalue weighted by atomic mass is 16.2. The van der Waals surface area contributed by atoms with Gasteiger partial charge in [0.1, 0.15) is 5.82 Å². The maximum Gasteiger partial charge on any atom is 0.239 e. The normalized spacial score (nSPS) is 16.6. The van der Waals surface area contributed by atoms with E-state index in [1.54, 1.807) is 0 Å². The van der Waals surface area contributed by atoms with Gasteiger partial charge in [0.15, 0.2) is 0 Å². The van der Waals surface area contributed by atoms with Crippen molar-refractivity contribution in [1.29, 1.82) is 0 Å². The van der Waals surface area contributed by atoms with E-state index in [0.717, 1.165) is 37.4 Å². The Morgan fingerprint density at radius 2 is 2.19 bits per heavy atom. The molecule has 2 rings (SSSR count). The molecule has 21 heavy (non-hydrogen) atoms. The van der Waals surface area contributed by atoms with Crippen molar-refractivity contribution in [2.45, 2.75) is 46.2 Å². The Morgan fingerprint density at radius 3 is 2.86 bits per heavy atom. The summed E-state index contributed by atoms with van der Waals surface area (Å²) in [5.41, 5.74) is 2.39. The maximum atomic E-state index is 11.7. The van der Waals surface area contributed by atoms with Crippen LogP contribution in [0.2, 0.25) is 0 Å². The Hall–Kier alpha value is -1.62. The van der Waals surface area contributed by atoms with Crippen molar-refractivity contribution in [3.63, 3.8) is 0 Å². The van der Waals surface area contributed by atoms with Gasteiger partial charge in [-0.3, -0.25) is 4.79 Å². The molecule has 2 N–H and O–H groups in total. The number of anilines is 1. The van der Waals surface area contributed by atoms with Crippen LogP contribution in [0.4, 0.5) is 5.82 Å². The van der Waals surface area contributed by atoms with E-state index in [-0.39, 0.29) is 11.4 Å². The number of rotatable bonds is 3. The van der Waals surface area contributed by atoms with Crippen LogP contribution >= 0.6 is 0 Å². The van der Waals surface area contributed by atoms with Crippen LogP contribution in [0.1, 0.15) is 38.3 Å². The molecule has 0 atom stereocenters. The van der Waals surface area contributed by atoms with Crippen LogP contribution in [0, 0.1) is 6.92 Å². The van der Waals surface area contributed by atoms with E-state index in [9.17, 15) is 4.79 Å². The van der Waals surface area contributed by atoms with Crippen molar-refractivity contribution < 1.29 is 4.79 Å². The van der Waals surface area contributed by atoms with Crippen molar-refractivity contribution in [3.05, 3.63) is 23.4 Å². The molecule has 0 unspecified atom stereocenters. The van der Waals surface area contributed by atoms with Gasteiger partial charge in [-0.2, -0.15) is 0 Å². The fourth-order valence-corrected chi connectivity index (χ4v) is 2.41. The molecule has 0 aliphatic carbocycles. The zero-order valence-corrected chi connectivity index (χ0v) is 13.5. The van der Waals surface area contributed by atoms with Crippen LogP contribution in [0.25, 0.3) is 0 Å². The number of aryl methyl sites for hydroxylation is 1. The zero-order valence-electron chi connectivity index (χ0n) is 13.5. The lowest BCUT2D eigenvalue weighted by atomic mass is 10.1. The van der Waals surface area contributed by atoms with E-state index in [4.69, 9.17) is 0 Å². The molecule has 1 aromatic rings. The standard InChI is InChI=1S/C16H26N4O/c1-12-8-13(10-19-16(2,3)4)9-18-15(12)20-7-5-6-17-14(21)11-20/h8-9,19H,5-7,10-11H2,1-4H3,(H,17,21). The third-order valence-corrected chi connectivity index (χ3v) is 3.49. The first-order valence-corrected chi connectivity index (χ1v) is 7.57. The molecule has 1 amide bonds. The fraction of sp³-hybridized carbons (Fsp3) is 0.625. The number of hydrogen-bond donors (Lipinski definition) is 2. The predicted octanol–water partition coefficient (Wildman–Crippen LogP) is 1.60. The quantitative estimate of drug-likeness (QED) is 0.888. The molecular formula is C16H26N4O. The maximum absolute atomic E-state index is 11.7. The van der Waals surface area contributed by atoms with E-state index >= 15 is 0 Å². The molecule has 0 bridgehead atoms. The molecule has 1 aliphatic heterocycles. The number of nitrogens with zero attached hydrogens (tertiary/aromatic N) is 2. The van der Waals surface area contributed by atoms with Crippen LogP contribution in [0.5, 0.6) is 0 Å². The molecule has 1 saturated heterocycles. The van der Waals surface area contributed by atoms with Gasteiger partial charge in [0.25, 0.3) is 0 Å². The van der Waals surface area contributed by atoms with Crippen LogP contribution in [-0.4, -0.2) is 36.1 Å². The van der Waals surface area contributed by atoms with Gasteiger partial charge in [-0.15, -0.1) is 0 Å². The Morgan fingerprint density at radius 1 is 1.43 bits per heavy atom. The zero-order chi connectivity index (χ0) is 15.5. The number of carbonyl (C=O) groups excluding carboxylic acids is 1. The molecular weight excluding hydrogens is 264 g/mol. The minimum Gasteiger partial charge on any atom is -0.354 e. The van der Waals surface area contributed by atoms with Gasteiger partial charge >= 0.3 is 0 Å². The average Bonchev–Trinajstić information content (AvgIpc) is 2.60. The highest BCUT2D eigenvalue weighted by Gasteiger charge is 2.18. The summed E-state index contributed by atoms with van der Waals surface area (Å²) in [5.74, 6) is 0.999. The SMILES string of the molecule is Cc1cc(CNC(C)(C)C)cnc1N1CCCNC(=O)C1. The number of nitrogens with one attached hydrogen (secondary N) is 2. The molecule has 0 saturated carbocycles. The van der Waals surface area contributed by atoms with Gasteiger partial charge in [-0.1, -0.05) is 0 Å². The minimum absolute atomic E-state index is 0.0761. The molecule has 5 nitrogen and oxygen atoms in total. The van der Waals surface area contributed by atoms with Crippen molar-refractivity contribution in [2.75, 3.05) is 24.5 Å². The molecule has 116 valence electrons. The van der Waals surface area contributed by atoms with Crippen molar-refractivity contribution in [3.8, 4) is 0 Å². The Bertz CT molecular complexity index is 507. The summed E-state index contributed by atoms with van der Waals surface area (Å²) < 4.78 is 0. The first-order valence-electron chi connectivity index (χ1n) is 7.57. The Balaban J connectivity index is 2.09. The molecule has 1 aromatic heterocycles. The van der Waals surface area contributed by atoms with Gasteiger partial charge in [0.2, 0.25) is 5.91 Å². The lowest BCUT2D eigenvalue weighted by Crippen LogP contribution is -2.35. The van der Waals surface area contributed by atoms with Gasteiger partial charge in [0, 0.05) is 31.4 Å². The summed E-state index contributed by atoms with van der Waals surface area (Å²) in [5, 5.41) is 6.36. The largest absolute Gasteiger partial charge is 0.354 e. The summed E-state index contributed by atoms with van der Waals surface area (Å²) in [7, 11) is 0. The molecule has 0 aromatic carbocycles. The fourth-order valence-electron chi connectivity index (χ4n) is 2.41. The first-order chi connectivity index (χ1) is 9.85. The molecule has 0 radical (unpaired) electrons. The number of pyridine rings is 1. The summed E-state index contributed by atoms with van der Waals surface area (Å²) in [4.78, 5) is 18.3. The van der Waals surface area contributed by atoms with E-state index < -0.39 is 0 Å². The highest BCUT2D eigenvalue weighted by Crippen LogP contribution is 2.19. The number of hydrogen-bond acceptors (Lipinski definition) is 4. The lowest BCUT2D eigenvalue weighted by molar-refractivity contribution is -0.119. The van der Waals surface area contributed by atoms with Gasteiger partial charge in [-0.25, -0.2) is 4.98 Å². The highest BCUT2D eigenvalue weighted by molar-refractivity contribution is 5.81. The van der Waals surface area contributed by atoms with E-state index in [0.29, 0.717) is 6.54 Å². The average molecular weight is 290 g/mol. The first kappa shape index (κ1) is 15.8. The number of carbonyl (C=O) groups is 1. The lowest BCUT2D eigenvalue weighted by Gasteiger charge is -2.23. The number of amides is 1. The summed E-state index contributed by atoms with van der Waals surface area (Å²) in [6.07, 6.45) is 2.87. The molecule has 5 heteroatoms. The van der Waals surface area contributed by atoms with Crippen molar-refractivity contribution >= 4 is 11.7 Å². The third kappa shape index (κ3) is 4.70. The van der Waals surface area contributed by atoms with Crippen LogP contribution < -0.4 is 15.5 Å². The van der Waals surface area contributed by atoms with Crippen molar-refractivity contribution in [1.82, 2.24) is 15.6 Å². The van der Waals surface area contributed by atoms with Crippen molar-refractivity contribution in [2.24, 2.45) is 0 Å². The van der Waals surface area contributed by atoms with Gasteiger partial charge in [0.05, 0.1) is 6.54 Å². The second kappa shape index (κ2) is 6.43.